The lowest BCUT2D eigenvalue weighted by atomic mass is 10.1. The number of carbonyl (C=O) groups is 2. The van der Waals surface area contributed by atoms with Crippen LogP contribution in [0, 0.1) is 0 Å². The zero-order chi connectivity index (χ0) is 20.2. The van der Waals surface area contributed by atoms with Crippen molar-refractivity contribution in [2.75, 3.05) is 14.2 Å². The first-order chi connectivity index (χ1) is 12.9. The Morgan fingerprint density at radius 2 is 1.26 bits per heavy atom. The molecule has 0 radical (unpaired) electrons. The number of aliphatic carboxylic acids is 2. The summed E-state index contributed by atoms with van der Waals surface area (Å²) >= 11 is 0. The number of rotatable bonds is 6. The fourth-order valence-electron chi connectivity index (χ4n) is 1.91. The molecule has 0 atom stereocenters. The molecule has 0 fully saturated rings. The van der Waals surface area contributed by atoms with E-state index in [-0.39, 0.29) is 17.2 Å². The number of methoxy groups -OCH3 is 2. The number of carboxylic acids is 2. The maximum Gasteiger partial charge on any atom is 0.328 e. The van der Waals surface area contributed by atoms with Crippen molar-refractivity contribution in [1.82, 2.24) is 0 Å². The molecule has 0 unspecified atom stereocenters. The van der Waals surface area contributed by atoms with E-state index in [1.807, 2.05) is 30.3 Å². The average Bonchev–Trinajstić information content (AvgIpc) is 2.66. The quantitative estimate of drug-likeness (QED) is 0.667. The second-order valence-electron chi connectivity index (χ2n) is 5.03. The van der Waals surface area contributed by atoms with E-state index in [0.29, 0.717) is 5.56 Å². The van der Waals surface area contributed by atoms with Crippen LogP contribution in [-0.2, 0) is 9.59 Å². The summed E-state index contributed by atoms with van der Waals surface area (Å²) in [5.74, 6) is -1.63. The van der Waals surface area contributed by atoms with Gasteiger partial charge in [0.05, 0.1) is 14.2 Å². The van der Waals surface area contributed by atoms with Crippen LogP contribution in [0.25, 0.3) is 12.2 Å². The summed E-state index contributed by atoms with van der Waals surface area (Å²) in [4.78, 5) is 20.4. The molecular formula is C20H20O7. The van der Waals surface area contributed by atoms with Crippen LogP contribution in [0.3, 0.4) is 0 Å². The zero-order valence-corrected chi connectivity index (χ0v) is 14.8. The average molecular weight is 372 g/mol. The first kappa shape index (κ1) is 21.3. The third kappa shape index (κ3) is 7.78. The van der Waals surface area contributed by atoms with Crippen LogP contribution in [0.4, 0.5) is 0 Å². The van der Waals surface area contributed by atoms with Gasteiger partial charge >= 0.3 is 11.9 Å². The summed E-state index contributed by atoms with van der Waals surface area (Å²) in [5, 5.41) is 26.4. The number of phenolic OH excluding ortho intramolecular Hbond substituents is 1. The fourth-order valence-corrected chi connectivity index (χ4v) is 1.91. The molecule has 0 aromatic heterocycles. The van der Waals surface area contributed by atoms with Gasteiger partial charge in [-0.1, -0.05) is 30.3 Å². The molecule has 0 aliphatic rings. The van der Waals surface area contributed by atoms with Crippen molar-refractivity contribution in [1.29, 1.82) is 0 Å². The summed E-state index contributed by atoms with van der Waals surface area (Å²) in [6, 6.07) is 12.3. The zero-order valence-electron chi connectivity index (χ0n) is 14.8. The van der Waals surface area contributed by atoms with E-state index < -0.39 is 11.9 Å². The predicted octanol–water partition coefficient (Wildman–Crippen LogP) is 3.29. The van der Waals surface area contributed by atoms with Crippen LogP contribution >= 0.6 is 0 Å². The van der Waals surface area contributed by atoms with Gasteiger partial charge < -0.3 is 24.8 Å². The SMILES string of the molecule is COc1cc(C=CC(=O)O)cc(OC)c1O.O=C(O)C=Cc1ccccc1. The van der Waals surface area contributed by atoms with Gasteiger partial charge in [0, 0.05) is 12.2 Å². The molecule has 7 heteroatoms. The normalized spacial score (nSPS) is 10.3. The van der Waals surface area contributed by atoms with Gasteiger partial charge in [0.2, 0.25) is 5.75 Å². The molecule has 0 spiro atoms. The number of carboxylic acid groups (broad SMARTS) is 2. The number of hydrogen-bond acceptors (Lipinski definition) is 5. The van der Waals surface area contributed by atoms with Crippen molar-refractivity contribution in [3.63, 3.8) is 0 Å². The van der Waals surface area contributed by atoms with Gasteiger partial charge in [-0.25, -0.2) is 9.59 Å². The maximum atomic E-state index is 10.3. The summed E-state index contributed by atoms with van der Waals surface area (Å²) in [6.45, 7) is 0. The molecule has 7 nitrogen and oxygen atoms in total. The van der Waals surface area contributed by atoms with E-state index in [4.69, 9.17) is 19.7 Å². The molecule has 0 bridgehead atoms. The second-order valence-corrected chi connectivity index (χ2v) is 5.03. The predicted molar refractivity (Wildman–Crippen MR) is 101 cm³/mol. The molecule has 0 aliphatic carbocycles. The maximum absolute atomic E-state index is 10.3. The van der Waals surface area contributed by atoms with Crippen LogP contribution < -0.4 is 9.47 Å². The largest absolute Gasteiger partial charge is 0.502 e. The van der Waals surface area contributed by atoms with Crippen LogP contribution in [0.1, 0.15) is 11.1 Å². The molecule has 0 saturated heterocycles. The lowest BCUT2D eigenvalue weighted by Crippen LogP contribution is -1.91. The van der Waals surface area contributed by atoms with Gasteiger partial charge in [-0.15, -0.1) is 0 Å². The van der Waals surface area contributed by atoms with E-state index in [2.05, 4.69) is 0 Å². The Morgan fingerprint density at radius 3 is 1.67 bits per heavy atom. The Hall–Kier alpha value is -3.74. The molecule has 0 aliphatic heterocycles. The van der Waals surface area contributed by atoms with E-state index in [1.54, 1.807) is 6.08 Å². The van der Waals surface area contributed by atoms with E-state index in [0.717, 1.165) is 17.7 Å². The van der Waals surface area contributed by atoms with Crippen molar-refractivity contribution in [3.8, 4) is 17.2 Å². The molecule has 3 N–H and O–H groups in total. The minimum Gasteiger partial charge on any atom is -0.502 e. The van der Waals surface area contributed by atoms with Crippen molar-refractivity contribution in [2.45, 2.75) is 0 Å². The van der Waals surface area contributed by atoms with Crippen molar-refractivity contribution in [2.24, 2.45) is 0 Å². The van der Waals surface area contributed by atoms with Gasteiger partial charge in [0.1, 0.15) is 0 Å². The monoisotopic (exact) mass is 372 g/mol. The molecule has 0 amide bonds. The highest BCUT2D eigenvalue weighted by atomic mass is 16.5. The minimum atomic E-state index is -1.05. The molecule has 0 heterocycles. The molecule has 142 valence electrons. The van der Waals surface area contributed by atoms with Gasteiger partial charge in [-0.05, 0) is 35.4 Å². The molecule has 27 heavy (non-hydrogen) atoms. The Labute approximate surface area is 156 Å². The Balaban J connectivity index is 0.000000289. The Bertz CT molecular complexity index is 798. The molecule has 2 aromatic rings. The van der Waals surface area contributed by atoms with Crippen molar-refractivity contribution >= 4 is 24.1 Å². The number of phenols is 1. The highest BCUT2D eigenvalue weighted by Gasteiger charge is 2.09. The standard InChI is InChI=1S/C11H12O5.C9H8O2/c1-15-8-5-7(3-4-10(12)13)6-9(16-2)11(8)14;10-9(11)7-6-8-4-2-1-3-5-8/h3-6,14H,1-2H3,(H,12,13);1-7H,(H,10,11). The van der Waals surface area contributed by atoms with Gasteiger partial charge in [-0.3, -0.25) is 0 Å². The van der Waals surface area contributed by atoms with Crippen LogP contribution in [0.5, 0.6) is 17.2 Å². The smallest absolute Gasteiger partial charge is 0.328 e. The highest BCUT2D eigenvalue weighted by Crippen LogP contribution is 2.37. The summed E-state index contributed by atoms with van der Waals surface area (Å²) in [5.41, 5.74) is 1.46. The topological polar surface area (TPSA) is 113 Å². The number of ether oxygens (including phenoxy) is 2. The van der Waals surface area contributed by atoms with Crippen molar-refractivity contribution < 1.29 is 34.4 Å². The minimum absolute atomic E-state index is 0.113. The third-order valence-electron chi connectivity index (χ3n) is 3.14. The number of benzene rings is 2. The van der Waals surface area contributed by atoms with Crippen LogP contribution in [0.15, 0.2) is 54.6 Å². The van der Waals surface area contributed by atoms with E-state index in [1.165, 1.54) is 32.4 Å². The lowest BCUT2D eigenvalue weighted by Gasteiger charge is -2.09. The second kappa shape index (κ2) is 11.0. The molecule has 0 saturated carbocycles. The molecule has 2 aromatic carbocycles. The van der Waals surface area contributed by atoms with Gasteiger partial charge in [-0.2, -0.15) is 0 Å². The summed E-state index contributed by atoms with van der Waals surface area (Å²) < 4.78 is 9.85. The third-order valence-corrected chi connectivity index (χ3v) is 3.14. The number of aromatic hydroxyl groups is 1. The van der Waals surface area contributed by atoms with Crippen molar-refractivity contribution in [3.05, 3.63) is 65.7 Å². The molecular weight excluding hydrogens is 352 g/mol. The van der Waals surface area contributed by atoms with E-state index >= 15 is 0 Å². The van der Waals surface area contributed by atoms with Gasteiger partial charge in [0.15, 0.2) is 11.5 Å². The summed E-state index contributed by atoms with van der Waals surface area (Å²) in [6.07, 6.45) is 5.05. The first-order valence-corrected chi connectivity index (χ1v) is 7.69. The fraction of sp³-hybridized carbons (Fsp3) is 0.100. The van der Waals surface area contributed by atoms with Gasteiger partial charge in [0.25, 0.3) is 0 Å². The van der Waals surface area contributed by atoms with Crippen LogP contribution in [-0.4, -0.2) is 41.5 Å². The lowest BCUT2D eigenvalue weighted by molar-refractivity contribution is -0.132. The van der Waals surface area contributed by atoms with E-state index in [9.17, 15) is 14.7 Å². The summed E-state index contributed by atoms with van der Waals surface area (Å²) in [7, 11) is 2.80. The van der Waals surface area contributed by atoms with Crippen LogP contribution in [0.2, 0.25) is 0 Å². The highest BCUT2D eigenvalue weighted by molar-refractivity contribution is 5.86. The molecule has 2 rings (SSSR count). The number of hydrogen-bond donors (Lipinski definition) is 3. The Kier molecular flexibility index (Phi) is 8.67. The first-order valence-electron chi connectivity index (χ1n) is 7.69. The Morgan fingerprint density at radius 1 is 0.815 bits per heavy atom.